The van der Waals surface area contributed by atoms with Crippen LogP contribution in [0, 0.1) is 27.7 Å². The average molecular weight is 385 g/mol. The highest BCUT2D eigenvalue weighted by Crippen LogP contribution is 2.25. The molecule has 0 unspecified atom stereocenters. The van der Waals surface area contributed by atoms with Crippen LogP contribution in [0.15, 0.2) is 65.3 Å². The summed E-state index contributed by atoms with van der Waals surface area (Å²) in [5.41, 5.74) is 7.18. The fourth-order valence-corrected chi connectivity index (χ4v) is 3.33. The minimum Gasteiger partial charge on any atom is -0.463 e. The maximum atomic E-state index is 13.2. The fourth-order valence-electron chi connectivity index (χ4n) is 3.33. The standard InChI is InChI=1S/C24H23N3O2/c1-15-7-10-21(18(4)12-15)27-22(14-20(26-27)23-6-5-11-29-23)24(28)25-19-9-8-16(2)17(3)13-19/h5-14H,1-4H3,(H,25,28). The number of rotatable bonds is 4. The molecule has 2 aromatic heterocycles. The molecule has 5 nitrogen and oxygen atoms in total. The number of carbonyl (C=O) groups is 1. The summed E-state index contributed by atoms with van der Waals surface area (Å²) in [7, 11) is 0. The van der Waals surface area contributed by atoms with Crippen LogP contribution in [-0.2, 0) is 0 Å². The number of hydrogen-bond donors (Lipinski definition) is 1. The van der Waals surface area contributed by atoms with E-state index in [2.05, 4.69) is 16.5 Å². The van der Waals surface area contributed by atoms with Gasteiger partial charge in [-0.15, -0.1) is 0 Å². The Hall–Kier alpha value is -3.60. The van der Waals surface area contributed by atoms with Gasteiger partial charge < -0.3 is 9.73 Å². The lowest BCUT2D eigenvalue weighted by Gasteiger charge is -2.12. The molecule has 1 N–H and O–H groups in total. The first kappa shape index (κ1) is 18.7. The van der Waals surface area contributed by atoms with Crippen molar-refractivity contribution in [2.24, 2.45) is 0 Å². The lowest BCUT2D eigenvalue weighted by molar-refractivity contribution is 0.101. The van der Waals surface area contributed by atoms with Gasteiger partial charge in [-0.05, 0) is 74.7 Å². The van der Waals surface area contributed by atoms with Gasteiger partial charge >= 0.3 is 0 Å². The summed E-state index contributed by atoms with van der Waals surface area (Å²) in [5, 5.41) is 7.67. The van der Waals surface area contributed by atoms with Crippen LogP contribution < -0.4 is 5.32 Å². The molecule has 0 radical (unpaired) electrons. The van der Waals surface area contributed by atoms with Gasteiger partial charge in [-0.25, -0.2) is 4.68 Å². The molecule has 1 amide bonds. The molecule has 0 aliphatic rings. The molecule has 4 rings (SSSR count). The van der Waals surface area contributed by atoms with E-state index in [1.807, 2.05) is 64.1 Å². The second-order valence-corrected chi connectivity index (χ2v) is 7.35. The van der Waals surface area contributed by atoms with Crippen molar-refractivity contribution in [3.8, 4) is 17.1 Å². The summed E-state index contributed by atoms with van der Waals surface area (Å²) in [6, 6.07) is 17.4. The molecule has 0 fully saturated rings. The van der Waals surface area contributed by atoms with Crippen molar-refractivity contribution < 1.29 is 9.21 Å². The number of aryl methyl sites for hydroxylation is 4. The Morgan fingerprint density at radius 2 is 1.76 bits per heavy atom. The number of anilines is 1. The van der Waals surface area contributed by atoms with Crippen LogP contribution >= 0.6 is 0 Å². The van der Waals surface area contributed by atoms with Crippen molar-refractivity contribution in [1.82, 2.24) is 9.78 Å². The van der Waals surface area contributed by atoms with Crippen LogP contribution in [0.2, 0.25) is 0 Å². The molecule has 0 saturated carbocycles. The Balaban J connectivity index is 1.78. The number of nitrogens with zero attached hydrogens (tertiary/aromatic N) is 2. The molecule has 0 bridgehead atoms. The van der Waals surface area contributed by atoms with Gasteiger partial charge in [0.25, 0.3) is 5.91 Å². The highest BCUT2D eigenvalue weighted by atomic mass is 16.3. The number of furan rings is 1. The van der Waals surface area contributed by atoms with Crippen LogP contribution in [0.1, 0.15) is 32.7 Å². The van der Waals surface area contributed by atoms with Crippen molar-refractivity contribution in [2.75, 3.05) is 5.32 Å². The lowest BCUT2D eigenvalue weighted by atomic mass is 10.1. The molecule has 146 valence electrons. The van der Waals surface area contributed by atoms with Gasteiger partial charge in [-0.3, -0.25) is 4.79 Å². The van der Waals surface area contributed by atoms with Gasteiger partial charge in [-0.2, -0.15) is 5.10 Å². The molecule has 4 aromatic rings. The van der Waals surface area contributed by atoms with Crippen molar-refractivity contribution in [1.29, 1.82) is 0 Å². The summed E-state index contributed by atoms with van der Waals surface area (Å²) in [5.74, 6) is 0.396. The van der Waals surface area contributed by atoms with Gasteiger partial charge in [0.2, 0.25) is 0 Å². The number of carbonyl (C=O) groups excluding carboxylic acids is 1. The third kappa shape index (κ3) is 3.72. The van der Waals surface area contributed by atoms with Crippen LogP contribution in [0.4, 0.5) is 5.69 Å². The van der Waals surface area contributed by atoms with E-state index in [-0.39, 0.29) is 5.91 Å². The van der Waals surface area contributed by atoms with Crippen LogP contribution in [0.3, 0.4) is 0 Å². The van der Waals surface area contributed by atoms with E-state index in [0.717, 1.165) is 28.1 Å². The first-order chi connectivity index (χ1) is 13.9. The predicted octanol–water partition coefficient (Wildman–Crippen LogP) is 5.62. The zero-order valence-electron chi connectivity index (χ0n) is 17.0. The van der Waals surface area contributed by atoms with E-state index < -0.39 is 0 Å². The molecule has 2 heterocycles. The van der Waals surface area contributed by atoms with Gasteiger partial charge in [0.05, 0.1) is 12.0 Å². The third-order valence-electron chi connectivity index (χ3n) is 5.06. The second kappa shape index (κ2) is 7.43. The highest BCUT2D eigenvalue weighted by Gasteiger charge is 2.20. The summed E-state index contributed by atoms with van der Waals surface area (Å²) < 4.78 is 7.18. The number of hydrogen-bond acceptors (Lipinski definition) is 3. The van der Waals surface area contributed by atoms with Crippen LogP contribution in [-0.4, -0.2) is 15.7 Å². The van der Waals surface area contributed by atoms with Crippen molar-refractivity contribution in [3.63, 3.8) is 0 Å². The van der Waals surface area contributed by atoms with Crippen molar-refractivity contribution >= 4 is 11.6 Å². The summed E-state index contributed by atoms with van der Waals surface area (Å²) in [6.45, 7) is 8.13. The van der Waals surface area contributed by atoms with Crippen molar-refractivity contribution in [2.45, 2.75) is 27.7 Å². The summed E-state index contributed by atoms with van der Waals surface area (Å²) in [4.78, 5) is 13.2. The maximum Gasteiger partial charge on any atom is 0.274 e. The van der Waals surface area contributed by atoms with E-state index in [1.54, 1.807) is 23.1 Å². The quantitative estimate of drug-likeness (QED) is 0.496. The number of amides is 1. The van der Waals surface area contributed by atoms with Crippen LogP contribution in [0.5, 0.6) is 0 Å². The van der Waals surface area contributed by atoms with Gasteiger partial charge in [0, 0.05) is 11.8 Å². The monoisotopic (exact) mass is 385 g/mol. The summed E-state index contributed by atoms with van der Waals surface area (Å²) in [6.07, 6.45) is 1.60. The van der Waals surface area contributed by atoms with E-state index in [1.165, 1.54) is 5.56 Å². The second-order valence-electron chi connectivity index (χ2n) is 7.35. The molecular formula is C24H23N3O2. The van der Waals surface area contributed by atoms with Gasteiger partial charge in [0.15, 0.2) is 5.76 Å². The number of nitrogens with one attached hydrogen (secondary N) is 1. The zero-order valence-corrected chi connectivity index (χ0v) is 17.0. The normalized spacial score (nSPS) is 10.9. The molecule has 0 spiro atoms. The number of benzene rings is 2. The SMILES string of the molecule is Cc1ccc(-n2nc(-c3ccco3)cc2C(=O)Nc2ccc(C)c(C)c2)c(C)c1. The van der Waals surface area contributed by atoms with E-state index in [0.29, 0.717) is 17.1 Å². The Bertz CT molecular complexity index is 1190. The molecule has 0 aliphatic carbocycles. The smallest absolute Gasteiger partial charge is 0.274 e. The molecule has 0 saturated heterocycles. The molecular weight excluding hydrogens is 362 g/mol. The molecule has 2 aromatic carbocycles. The average Bonchev–Trinajstić information content (AvgIpc) is 3.34. The lowest BCUT2D eigenvalue weighted by Crippen LogP contribution is -2.17. The molecule has 0 atom stereocenters. The Labute approximate surface area is 170 Å². The topological polar surface area (TPSA) is 60.1 Å². The Morgan fingerprint density at radius 1 is 0.931 bits per heavy atom. The van der Waals surface area contributed by atoms with Gasteiger partial charge in [-0.1, -0.05) is 23.8 Å². The zero-order chi connectivity index (χ0) is 20.5. The minimum atomic E-state index is -0.224. The highest BCUT2D eigenvalue weighted by molar-refractivity contribution is 6.04. The van der Waals surface area contributed by atoms with E-state index in [4.69, 9.17) is 4.42 Å². The third-order valence-corrected chi connectivity index (χ3v) is 5.06. The number of aromatic nitrogens is 2. The Morgan fingerprint density at radius 3 is 2.45 bits per heavy atom. The van der Waals surface area contributed by atoms with Crippen LogP contribution in [0.25, 0.3) is 17.1 Å². The Kier molecular flexibility index (Phi) is 4.80. The molecule has 29 heavy (non-hydrogen) atoms. The summed E-state index contributed by atoms with van der Waals surface area (Å²) >= 11 is 0. The van der Waals surface area contributed by atoms with Gasteiger partial charge in [0.1, 0.15) is 11.4 Å². The maximum absolute atomic E-state index is 13.2. The molecule has 5 heteroatoms. The van der Waals surface area contributed by atoms with Crippen molar-refractivity contribution in [3.05, 3.63) is 88.8 Å². The predicted molar refractivity (Wildman–Crippen MR) is 115 cm³/mol. The first-order valence-corrected chi connectivity index (χ1v) is 9.52. The first-order valence-electron chi connectivity index (χ1n) is 9.52. The minimum absolute atomic E-state index is 0.224. The molecule has 0 aliphatic heterocycles. The largest absolute Gasteiger partial charge is 0.463 e. The fraction of sp³-hybridized carbons (Fsp3) is 0.167. The van der Waals surface area contributed by atoms with E-state index in [9.17, 15) is 4.79 Å². The van der Waals surface area contributed by atoms with E-state index >= 15 is 0 Å².